The molecule has 1 fully saturated rings. The first-order valence-electron chi connectivity index (χ1n) is 8.16. The van der Waals surface area contributed by atoms with Gasteiger partial charge in [-0.3, -0.25) is 4.98 Å². The second-order valence-corrected chi connectivity index (χ2v) is 7.19. The third kappa shape index (κ3) is 3.81. The van der Waals surface area contributed by atoms with Crippen molar-refractivity contribution in [2.24, 2.45) is 5.92 Å². The van der Waals surface area contributed by atoms with Crippen molar-refractivity contribution in [1.82, 2.24) is 19.3 Å². The van der Waals surface area contributed by atoms with Gasteiger partial charge in [0.15, 0.2) is 5.65 Å². The molecule has 2 aromatic rings. The molecule has 0 aliphatic carbocycles. The summed E-state index contributed by atoms with van der Waals surface area (Å²) >= 11 is 0. The van der Waals surface area contributed by atoms with Crippen LogP contribution in [0.25, 0.3) is 5.65 Å². The van der Waals surface area contributed by atoms with E-state index in [1.807, 2.05) is 38.1 Å². The lowest BCUT2D eigenvalue weighted by Gasteiger charge is -2.34. The van der Waals surface area contributed by atoms with Gasteiger partial charge in [-0.2, -0.15) is 0 Å². The Morgan fingerprint density at radius 1 is 1.39 bits per heavy atom. The summed E-state index contributed by atoms with van der Waals surface area (Å²) in [5.41, 5.74) is 1.55. The van der Waals surface area contributed by atoms with Crippen LogP contribution < -0.4 is 0 Å². The van der Waals surface area contributed by atoms with Gasteiger partial charge >= 0.3 is 6.09 Å². The number of carbonyl (C=O) groups is 1. The smallest absolute Gasteiger partial charge is 0.410 e. The van der Waals surface area contributed by atoms with Gasteiger partial charge in [0.25, 0.3) is 0 Å². The maximum absolute atomic E-state index is 12.3. The van der Waals surface area contributed by atoms with Crippen LogP contribution >= 0.6 is 0 Å². The maximum atomic E-state index is 12.3. The molecule has 0 aromatic carbocycles. The average Bonchev–Trinajstić information content (AvgIpc) is 2.95. The van der Waals surface area contributed by atoms with Crippen LogP contribution in [0.4, 0.5) is 4.79 Å². The molecule has 0 saturated carbocycles. The molecule has 0 radical (unpaired) electrons. The van der Waals surface area contributed by atoms with Crippen molar-refractivity contribution in [3.05, 3.63) is 30.5 Å². The van der Waals surface area contributed by atoms with E-state index in [1.165, 1.54) is 0 Å². The van der Waals surface area contributed by atoms with Crippen molar-refractivity contribution in [3.63, 3.8) is 0 Å². The van der Waals surface area contributed by atoms with Crippen molar-refractivity contribution >= 4 is 11.7 Å². The Balaban J connectivity index is 1.67. The topological polar surface area (TPSA) is 59.7 Å². The summed E-state index contributed by atoms with van der Waals surface area (Å²) in [6.07, 6.45) is 10.2. The summed E-state index contributed by atoms with van der Waals surface area (Å²) in [6.45, 7) is 7.21. The highest BCUT2D eigenvalue weighted by Gasteiger charge is 2.28. The van der Waals surface area contributed by atoms with E-state index in [-0.39, 0.29) is 6.09 Å². The van der Waals surface area contributed by atoms with E-state index in [9.17, 15) is 4.79 Å². The van der Waals surface area contributed by atoms with Crippen LogP contribution in [0.5, 0.6) is 0 Å². The third-order valence-corrected chi connectivity index (χ3v) is 4.06. The lowest BCUT2D eigenvalue weighted by Crippen LogP contribution is -2.43. The van der Waals surface area contributed by atoms with Gasteiger partial charge in [-0.05, 0) is 46.0 Å². The predicted octanol–water partition coefficient (Wildman–Crippen LogP) is 2.92. The molecule has 3 heterocycles. The molecule has 1 saturated heterocycles. The standard InChI is InChI=1S/C17H24N4O2/c1-17(2,3)23-16(22)20-7-4-5-13(12-20)9-14-10-18-11-15-19-6-8-21(14)15/h6,8,10-11,13H,4-5,7,9,12H2,1-3H3. The van der Waals surface area contributed by atoms with Gasteiger partial charge < -0.3 is 14.0 Å². The first-order valence-corrected chi connectivity index (χ1v) is 8.16. The summed E-state index contributed by atoms with van der Waals surface area (Å²) in [5.74, 6) is 0.422. The molecule has 1 aliphatic rings. The minimum Gasteiger partial charge on any atom is -0.444 e. The van der Waals surface area contributed by atoms with Crippen molar-refractivity contribution in [2.45, 2.75) is 45.6 Å². The summed E-state index contributed by atoms with van der Waals surface area (Å²) in [5, 5.41) is 0. The molecule has 1 atom stereocenters. The van der Waals surface area contributed by atoms with Gasteiger partial charge in [0.2, 0.25) is 0 Å². The van der Waals surface area contributed by atoms with Gasteiger partial charge in [-0.1, -0.05) is 0 Å². The van der Waals surface area contributed by atoms with Gasteiger partial charge in [-0.15, -0.1) is 0 Å². The fourth-order valence-electron chi connectivity index (χ4n) is 3.08. The highest BCUT2D eigenvalue weighted by atomic mass is 16.6. The Labute approximate surface area is 136 Å². The number of carbonyl (C=O) groups excluding carboxylic acids is 1. The molecule has 6 nitrogen and oxygen atoms in total. The van der Waals surface area contributed by atoms with E-state index in [0.29, 0.717) is 5.92 Å². The minimum absolute atomic E-state index is 0.207. The van der Waals surface area contributed by atoms with E-state index in [2.05, 4.69) is 14.4 Å². The molecule has 0 spiro atoms. The lowest BCUT2D eigenvalue weighted by atomic mass is 9.93. The van der Waals surface area contributed by atoms with Crippen LogP contribution in [0.15, 0.2) is 24.8 Å². The SMILES string of the molecule is CC(C)(C)OC(=O)N1CCCC(Cc2cncc3nccn23)C1. The number of rotatable bonds is 2. The largest absolute Gasteiger partial charge is 0.444 e. The van der Waals surface area contributed by atoms with Crippen molar-refractivity contribution in [2.75, 3.05) is 13.1 Å². The van der Waals surface area contributed by atoms with Crippen LogP contribution in [0.1, 0.15) is 39.3 Å². The molecule has 3 rings (SSSR count). The highest BCUT2D eigenvalue weighted by Crippen LogP contribution is 2.22. The molecule has 0 bridgehead atoms. The summed E-state index contributed by atoms with van der Waals surface area (Å²) in [4.78, 5) is 22.6. The Morgan fingerprint density at radius 3 is 3.00 bits per heavy atom. The second-order valence-electron chi connectivity index (χ2n) is 7.19. The number of imidazole rings is 1. The van der Waals surface area contributed by atoms with Gasteiger partial charge in [0.1, 0.15) is 5.60 Å². The number of ether oxygens (including phenoxy) is 1. The van der Waals surface area contributed by atoms with Crippen molar-refractivity contribution in [1.29, 1.82) is 0 Å². The van der Waals surface area contributed by atoms with Crippen LogP contribution in [-0.4, -0.2) is 44.1 Å². The predicted molar refractivity (Wildman–Crippen MR) is 87.2 cm³/mol. The fourth-order valence-corrected chi connectivity index (χ4v) is 3.08. The number of hydrogen-bond acceptors (Lipinski definition) is 4. The minimum atomic E-state index is -0.448. The fraction of sp³-hybridized carbons (Fsp3) is 0.588. The van der Waals surface area contributed by atoms with Crippen molar-refractivity contribution in [3.8, 4) is 0 Å². The van der Waals surface area contributed by atoms with Gasteiger partial charge in [0, 0.05) is 37.4 Å². The van der Waals surface area contributed by atoms with Crippen LogP contribution in [0, 0.1) is 5.92 Å². The quantitative estimate of drug-likeness (QED) is 0.855. The molecule has 1 aliphatic heterocycles. The normalized spacial score (nSPS) is 19.1. The average molecular weight is 316 g/mol. The number of aromatic nitrogens is 3. The second kappa shape index (κ2) is 6.18. The zero-order valence-electron chi connectivity index (χ0n) is 14.0. The van der Waals surface area contributed by atoms with Crippen LogP contribution in [-0.2, 0) is 11.2 Å². The Kier molecular flexibility index (Phi) is 4.24. The van der Waals surface area contributed by atoms with E-state index in [1.54, 1.807) is 12.4 Å². The number of amides is 1. The Hall–Kier alpha value is -2.11. The number of piperidine rings is 1. The zero-order valence-corrected chi connectivity index (χ0v) is 14.0. The number of likely N-dealkylation sites (tertiary alicyclic amines) is 1. The summed E-state index contributed by atoms with van der Waals surface area (Å²) < 4.78 is 7.56. The van der Waals surface area contributed by atoms with E-state index in [0.717, 1.165) is 43.7 Å². The van der Waals surface area contributed by atoms with Gasteiger partial charge in [0.05, 0.1) is 6.20 Å². The van der Waals surface area contributed by atoms with Gasteiger partial charge in [-0.25, -0.2) is 9.78 Å². The summed E-state index contributed by atoms with van der Waals surface area (Å²) in [7, 11) is 0. The van der Waals surface area contributed by atoms with Crippen LogP contribution in [0.3, 0.4) is 0 Å². The Bertz CT molecular complexity index is 689. The summed E-state index contributed by atoms with van der Waals surface area (Å²) in [6, 6.07) is 0. The first kappa shape index (κ1) is 15.8. The van der Waals surface area contributed by atoms with Crippen molar-refractivity contribution < 1.29 is 9.53 Å². The monoisotopic (exact) mass is 316 g/mol. The first-order chi connectivity index (χ1) is 10.9. The molecule has 124 valence electrons. The number of fused-ring (bicyclic) bond motifs is 1. The van der Waals surface area contributed by atoms with E-state index < -0.39 is 5.60 Å². The molecular formula is C17H24N4O2. The molecule has 23 heavy (non-hydrogen) atoms. The van der Waals surface area contributed by atoms with Crippen LogP contribution in [0.2, 0.25) is 0 Å². The molecular weight excluding hydrogens is 292 g/mol. The number of hydrogen-bond donors (Lipinski definition) is 0. The van der Waals surface area contributed by atoms with E-state index >= 15 is 0 Å². The molecule has 1 amide bonds. The highest BCUT2D eigenvalue weighted by molar-refractivity contribution is 5.68. The number of nitrogens with zero attached hydrogens (tertiary/aromatic N) is 4. The molecule has 6 heteroatoms. The zero-order chi connectivity index (χ0) is 16.4. The molecule has 2 aromatic heterocycles. The lowest BCUT2D eigenvalue weighted by molar-refractivity contribution is 0.0165. The van der Waals surface area contributed by atoms with E-state index in [4.69, 9.17) is 4.74 Å². The maximum Gasteiger partial charge on any atom is 0.410 e. The third-order valence-electron chi connectivity index (χ3n) is 4.06. The molecule has 1 unspecified atom stereocenters. The molecule has 0 N–H and O–H groups in total. The Morgan fingerprint density at radius 2 is 2.22 bits per heavy atom.